The van der Waals surface area contributed by atoms with Gasteiger partial charge in [0, 0.05) is 11.1 Å². The maximum absolute atomic E-state index is 11.7. The molecule has 100 valence electrons. The average molecular weight is 251 g/mol. The van der Waals surface area contributed by atoms with Crippen LogP contribution in [0.15, 0.2) is 6.33 Å². The number of hydrogen-bond donors (Lipinski definition) is 3. The SMILES string of the molecule is CCc1c(N)ncnc1NCC(=O)NC(C)(C)C. The Morgan fingerprint density at radius 2 is 2.06 bits per heavy atom. The van der Waals surface area contributed by atoms with E-state index in [0.29, 0.717) is 11.6 Å². The third kappa shape index (κ3) is 4.20. The van der Waals surface area contributed by atoms with Crippen LogP contribution >= 0.6 is 0 Å². The van der Waals surface area contributed by atoms with Gasteiger partial charge in [0.15, 0.2) is 0 Å². The fourth-order valence-corrected chi connectivity index (χ4v) is 1.55. The van der Waals surface area contributed by atoms with Crippen molar-refractivity contribution in [3.8, 4) is 0 Å². The number of carbonyl (C=O) groups is 1. The Balaban J connectivity index is 2.64. The zero-order chi connectivity index (χ0) is 13.8. The molecule has 0 aliphatic rings. The van der Waals surface area contributed by atoms with Gasteiger partial charge >= 0.3 is 0 Å². The summed E-state index contributed by atoms with van der Waals surface area (Å²) < 4.78 is 0. The minimum absolute atomic E-state index is 0.0817. The van der Waals surface area contributed by atoms with Crippen molar-refractivity contribution in [3.63, 3.8) is 0 Å². The number of hydrogen-bond acceptors (Lipinski definition) is 5. The molecule has 1 heterocycles. The summed E-state index contributed by atoms with van der Waals surface area (Å²) in [6.07, 6.45) is 2.11. The lowest BCUT2D eigenvalue weighted by atomic mass is 10.1. The summed E-state index contributed by atoms with van der Waals surface area (Å²) >= 11 is 0. The van der Waals surface area contributed by atoms with Crippen LogP contribution in [-0.4, -0.2) is 28.0 Å². The maximum Gasteiger partial charge on any atom is 0.239 e. The second-order valence-corrected chi connectivity index (χ2v) is 5.09. The number of rotatable bonds is 4. The predicted octanol–water partition coefficient (Wildman–Crippen LogP) is 0.948. The molecule has 0 spiro atoms. The summed E-state index contributed by atoms with van der Waals surface area (Å²) in [4.78, 5) is 19.7. The second-order valence-electron chi connectivity index (χ2n) is 5.09. The molecule has 1 rings (SSSR count). The van der Waals surface area contributed by atoms with Gasteiger partial charge in [0.2, 0.25) is 5.91 Å². The van der Waals surface area contributed by atoms with Gasteiger partial charge < -0.3 is 16.4 Å². The lowest BCUT2D eigenvalue weighted by molar-refractivity contribution is -0.120. The summed E-state index contributed by atoms with van der Waals surface area (Å²) in [5.74, 6) is 0.988. The molecule has 6 heteroatoms. The van der Waals surface area contributed by atoms with E-state index in [0.717, 1.165) is 12.0 Å². The van der Waals surface area contributed by atoms with E-state index in [4.69, 9.17) is 5.73 Å². The minimum Gasteiger partial charge on any atom is -0.383 e. The fourth-order valence-electron chi connectivity index (χ4n) is 1.55. The highest BCUT2D eigenvalue weighted by Crippen LogP contribution is 2.16. The number of nitrogens with zero attached hydrogens (tertiary/aromatic N) is 2. The van der Waals surface area contributed by atoms with Gasteiger partial charge in [-0.25, -0.2) is 9.97 Å². The first-order valence-corrected chi connectivity index (χ1v) is 5.97. The molecule has 1 amide bonds. The maximum atomic E-state index is 11.7. The summed E-state index contributed by atoms with van der Waals surface area (Å²) in [5, 5.41) is 5.85. The van der Waals surface area contributed by atoms with E-state index < -0.39 is 0 Å². The quantitative estimate of drug-likeness (QED) is 0.740. The Labute approximate surface area is 107 Å². The molecule has 1 aromatic rings. The minimum atomic E-state index is -0.239. The van der Waals surface area contributed by atoms with Gasteiger partial charge in [0.25, 0.3) is 0 Å². The molecule has 0 saturated heterocycles. The highest BCUT2D eigenvalue weighted by molar-refractivity contribution is 5.81. The van der Waals surface area contributed by atoms with Crippen LogP contribution in [-0.2, 0) is 11.2 Å². The number of amides is 1. The molecule has 0 atom stereocenters. The number of aromatic nitrogens is 2. The van der Waals surface area contributed by atoms with Gasteiger partial charge in [-0.3, -0.25) is 4.79 Å². The standard InChI is InChI=1S/C12H21N5O/c1-5-8-10(13)15-7-16-11(8)14-6-9(18)17-12(2,3)4/h7H,5-6H2,1-4H3,(H,17,18)(H3,13,14,15,16). The summed E-state index contributed by atoms with van der Waals surface area (Å²) in [6.45, 7) is 7.94. The molecule has 18 heavy (non-hydrogen) atoms. The number of nitrogen functional groups attached to an aromatic ring is 1. The molecule has 0 fully saturated rings. The van der Waals surface area contributed by atoms with Crippen LogP contribution in [0, 0.1) is 0 Å². The van der Waals surface area contributed by atoms with Crippen LogP contribution in [0.3, 0.4) is 0 Å². The largest absolute Gasteiger partial charge is 0.383 e. The highest BCUT2D eigenvalue weighted by atomic mass is 16.2. The van der Waals surface area contributed by atoms with E-state index >= 15 is 0 Å². The van der Waals surface area contributed by atoms with Gasteiger partial charge in [0.1, 0.15) is 18.0 Å². The third-order valence-electron chi connectivity index (χ3n) is 2.26. The van der Waals surface area contributed by atoms with Crippen LogP contribution in [0.25, 0.3) is 0 Å². The van der Waals surface area contributed by atoms with Crippen molar-refractivity contribution in [2.75, 3.05) is 17.6 Å². The van der Waals surface area contributed by atoms with E-state index in [1.54, 1.807) is 0 Å². The van der Waals surface area contributed by atoms with E-state index in [-0.39, 0.29) is 18.0 Å². The van der Waals surface area contributed by atoms with Crippen LogP contribution in [0.4, 0.5) is 11.6 Å². The Bertz CT molecular complexity index is 425. The lowest BCUT2D eigenvalue weighted by Gasteiger charge is -2.21. The van der Waals surface area contributed by atoms with Crippen LogP contribution in [0.2, 0.25) is 0 Å². The van der Waals surface area contributed by atoms with Crippen molar-refractivity contribution in [1.29, 1.82) is 0 Å². The molecule has 0 aromatic carbocycles. The van der Waals surface area contributed by atoms with Crippen molar-refractivity contribution in [2.24, 2.45) is 0 Å². The van der Waals surface area contributed by atoms with Gasteiger partial charge in [0.05, 0.1) is 6.54 Å². The average Bonchev–Trinajstić information content (AvgIpc) is 2.24. The van der Waals surface area contributed by atoms with Crippen molar-refractivity contribution in [2.45, 2.75) is 39.7 Å². The van der Waals surface area contributed by atoms with Crippen LogP contribution in [0.1, 0.15) is 33.3 Å². The molecule has 0 unspecified atom stereocenters. The molecule has 0 aliphatic heterocycles. The monoisotopic (exact) mass is 251 g/mol. The Kier molecular flexibility index (Phi) is 4.47. The first-order chi connectivity index (χ1) is 8.33. The first kappa shape index (κ1) is 14.2. The molecular formula is C12H21N5O. The number of nitrogens with one attached hydrogen (secondary N) is 2. The molecule has 0 saturated carbocycles. The summed E-state index contributed by atoms with van der Waals surface area (Å²) in [5.41, 5.74) is 6.34. The van der Waals surface area contributed by atoms with Crippen molar-refractivity contribution >= 4 is 17.5 Å². The van der Waals surface area contributed by atoms with Gasteiger partial charge in [-0.2, -0.15) is 0 Å². The predicted molar refractivity (Wildman–Crippen MR) is 72.2 cm³/mol. The van der Waals surface area contributed by atoms with Crippen LogP contribution < -0.4 is 16.4 Å². The second kappa shape index (κ2) is 5.66. The van der Waals surface area contributed by atoms with Gasteiger partial charge in [-0.05, 0) is 27.2 Å². The van der Waals surface area contributed by atoms with E-state index in [1.807, 2.05) is 27.7 Å². The van der Waals surface area contributed by atoms with Crippen molar-refractivity contribution in [1.82, 2.24) is 15.3 Å². The summed E-state index contributed by atoms with van der Waals surface area (Å²) in [6, 6.07) is 0. The topological polar surface area (TPSA) is 92.9 Å². The molecule has 0 aliphatic carbocycles. The first-order valence-electron chi connectivity index (χ1n) is 5.97. The molecule has 1 aromatic heterocycles. The number of nitrogens with two attached hydrogens (primary N) is 1. The molecule has 0 bridgehead atoms. The molecule has 4 N–H and O–H groups in total. The Hall–Kier alpha value is -1.85. The van der Waals surface area contributed by atoms with Crippen molar-refractivity contribution in [3.05, 3.63) is 11.9 Å². The van der Waals surface area contributed by atoms with E-state index in [9.17, 15) is 4.79 Å². The zero-order valence-corrected chi connectivity index (χ0v) is 11.4. The number of anilines is 2. The van der Waals surface area contributed by atoms with Crippen LogP contribution in [0.5, 0.6) is 0 Å². The number of carbonyl (C=O) groups excluding carboxylic acids is 1. The normalized spacial score (nSPS) is 11.1. The summed E-state index contributed by atoms with van der Waals surface area (Å²) in [7, 11) is 0. The van der Waals surface area contributed by atoms with E-state index in [1.165, 1.54) is 6.33 Å². The van der Waals surface area contributed by atoms with E-state index in [2.05, 4.69) is 20.6 Å². The van der Waals surface area contributed by atoms with Gasteiger partial charge in [-0.15, -0.1) is 0 Å². The van der Waals surface area contributed by atoms with Crippen molar-refractivity contribution < 1.29 is 4.79 Å². The Morgan fingerprint density at radius 1 is 1.39 bits per heavy atom. The Morgan fingerprint density at radius 3 is 2.61 bits per heavy atom. The fraction of sp³-hybridized carbons (Fsp3) is 0.583. The molecule has 6 nitrogen and oxygen atoms in total. The highest BCUT2D eigenvalue weighted by Gasteiger charge is 2.14. The molecular weight excluding hydrogens is 230 g/mol. The van der Waals surface area contributed by atoms with Gasteiger partial charge in [-0.1, -0.05) is 6.92 Å². The molecule has 0 radical (unpaired) electrons. The third-order valence-corrected chi connectivity index (χ3v) is 2.26. The zero-order valence-electron chi connectivity index (χ0n) is 11.4. The smallest absolute Gasteiger partial charge is 0.239 e. The lowest BCUT2D eigenvalue weighted by Crippen LogP contribution is -2.43.